The van der Waals surface area contributed by atoms with Gasteiger partial charge in [0.1, 0.15) is 5.82 Å². The topological polar surface area (TPSA) is 60.9 Å². The number of hydrogen-bond acceptors (Lipinski definition) is 4. The predicted molar refractivity (Wildman–Crippen MR) is 245 cm³/mol. The first-order chi connectivity index (χ1) is 29.8. The van der Waals surface area contributed by atoms with Gasteiger partial charge in [-0.1, -0.05) is 188 Å². The van der Waals surface area contributed by atoms with Crippen molar-refractivity contribution in [1.82, 2.24) is 28.9 Å². The lowest BCUT2D eigenvalue weighted by Gasteiger charge is -2.14. The van der Waals surface area contributed by atoms with Crippen LogP contribution in [0.2, 0.25) is 0 Å². The van der Waals surface area contributed by atoms with Gasteiger partial charge < -0.3 is 0 Å². The number of rotatable bonds is 6. The van der Waals surface area contributed by atoms with E-state index in [9.17, 15) is 0 Å². The van der Waals surface area contributed by atoms with Crippen molar-refractivity contribution in [2.75, 3.05) is 0 Å². The average molecular weight is 767 g/mol. The van der Waals surface area contributed by atoms with Gasteiger partial charge >= 0.3 is 0 Å². The molecule has 6 heteroatoms. The average Bonchev–Trinajstić information content (AvgIpc) is 3.89. The summed E-state index contributed by atoms with van der Waals surface area (Å²) >= 11 is 0. The fraction of sp³-hybridized carbons (Fsp3) is 0. The van der Waals surface area contributed by atoms with Crippen molar-refractivity contribution in [1.29, 1.82) is 0 Å². The van der Waals surface area contributed by atoms with Gasteiger partial charge in [0, 0.05) is 43.8 Å². The lowest BCUT2D eigenvalue weighted by Crippen LogP contribution is -2.06. The molecule has 0 aliphatic heterocycles. The smallest absolute Gasteiger partial charge is 0.238 e. The molecule has 0 bridgehead atoms. The number of hydrogen-bond donors (Lipinski definition) is 0. The molecule has 0 N–H and O–H groups in total. The Morgan fingerprint density at radius 3 is 1.42 bits per heavy atom. The number of para-hydroxylation sites is 1. The molecule has 4 heterocycles. The molecular weight excluding hydrogens is 733 g/mol. The molecule has 0 amide bonds. The summed E-state index contributed by atoms with van der Waals surface area (Å²) in [5, 5.41) is 5.68. The van der Waals surface area contributed by atoms with Crippen LogP contribution in [0.3, 0.4) is 0 Å². The molecule has 280 valence electrons. The largest absolute Gasteiger partial charge is 0.291 e. The third kappa shape index (κ3) is 5.42. The highest BCUT2D eigenvalue weighted by Gasteiger charge is 2.24. The molecule has 0 atom stereocenters. The van der Waals surface area contributed by atoms with Crippen LogP contribution in [-0.2, 0) is 0 Å². The SMILES string of the molecule is c1ccc(-c2ccc(-c3nc(-c4ccccc4)c4c5ccccc5c5cc6c7ccccc7n(-c7nc(-c8ccccc8)nc(-c8ccccc8)n7)c6cc5n34)cc2)cc1. The summed E-state index contributed by atoms with van der Waals surface area (Å²) in [4.78, 5) is 21.0. The van der Waals surface area contributed by atoms with Gasteiger partial charge in [-0.3, -0.25) is 8.97 Å². The van der Waals surface area contributed by atoms with Crippen molar-refractivity contribution < 1.29 is 0 Å². The van der Waals surface area contributed by atoms with Gasteiger partial charge in [0.05, 0.1) is 27.8 Å². The van der Waals surface area contributed by atoms with Gasteiger partial charge in [-0.25, -0.2) is 9.97 Å². The highest BCUT2D eigenvalue weighted by atomic mass is 15.2. The molecule has 0 aliphatic rings. The van der Waals surface area contributed by atoms with Crippen molar-refractivity contribution in [2.45, 2.75) is 0 Å². The maximum Gasteiger partial charge on any atom is 0.238 e. The summed E-state index contributed by atoms with van der Waals surface area (Å²) in [5.74, 6) is 2.66. The standard InChI is InChI=1S/C54H34N6/c1-5-17-35(18-6-1)36-29-31-40(32-30-36)53-55-49(37-19-7-2-8-20-37)50-43-27-14-13-25-41(43)44-33-45-42-26-15-16-28-46(42)59(47(45)34-48(44)60(50)53)54-57-51(38-21-9-3-10-22-38)56-52(58-54)39-23-11-4-12-24-39/h1-34H. The number of imidazole rings is 1. The van der Waals surface area contributed by atoms with Crippen LogP contribution in [0.15, 0.2) is 206 Å². The minimum atomic E-state index is 0.553. The predicted octanol–water partition coefficient (Wildman–Crippen LogP) is 13.3. The van der Waals surface area contributed by atoms with Crippen LogP contribution in [0.25, 0.3) is 111 Å². The van der Waals surface area contributed by atoms with Crippen molar-refractivity contribution in [3.63, 3.8) is 0 Å². The maximum atomic E-state index is 5.55. The molecule has 0 radical (unpaired) electrons. The molecule has 60 heavy (non-hydrogen) atoms. The molecule has 0 aliphatic carbocycles. The van der Waals surface area contributed by atoms with E-state index in [-0.39, 0.29) is 0 Å². The fourth-order valence-corrected chi connectivity index (χ4v) is 8.78. The second-order valence-corrected chi connectivity index (χ2v) is 15.1. The molecule has 8 aromatic carbocycles. The van der Waals surface area contributed by atoms with E-state index < -0.39 is 0 Å². The summed E-state index contributed by atoms with van der Waals surface area (Å²) < 4.78 is 4.58. The van der Waals surface area contributed by atoms with Crippen molar-refractivity contribution in [2.24, 2.45) is 0 Å². The van der Waals surface area contributed by atoms with Crippen LogP contribution in [0.5, 0.6) is 0 Å². The van der Waals surface area contributed by atoms with E-state index in [0.717, 1.165) is 82.9 Å². The van der Waals surface area contributed by atoms with E-state index in [0.29, 0.717) is 17.6 Å². The molecule has 0 fully saturated rings. The van der Waals surface area contributed by atoms with Crippen molar-refractivity contribution in [3.05, 3.63) is 206 Å². The van der Waals surface area contributed by atoms with Crippen molar-refractivity contribution in [3.8, 4) is 62.5 Å². The monoisotopic (exact) mass is 766 g/mol. The molecule has 12 aromatic rings. The first kappa shape index (κ1) is 33.9. The summed E-state index contributed by atoms with van der Waals surface area (Å²) in [6.45, 7) is 0. The Morgan fingerprint density at radius 2 is 0.783 bits per heavy atom. The molecule has 0 spiro atoms. The van der Waals surface area contributed by atoms with Crippen LogP contribution in [0.4, 0.5) is 0 Å². The summed E-state index contributed by atoms with van der Waals surface area (Å²) in [5.41, 5.74) is 11.3. The minimum Gasteiger partial charge on any atom is -0.291 e. The Kier molecular flexibility index (Phi) is 7.74. The van der Waals surface area contributed by atoms with Crippen LogP contribution < -0.4 is 0 Å². The Balaban J connectivity index is 1.21. The molecule has 0 saturated carbocycles. The maximum absolute atomic E-state index is 5.55. The zero-order valence-corrected chi connectivity index (χ0v) is 32.3. The molecule has 4 aromatic heterocycles. The van der Waals surface area contributed by atoms with Gasteiger partial charge in [0.2, 0.25) is 5.95 Å². The molecular formula is C54H34N6. The molecule has 12 rings (SSSR count). The Labute approximate surface area is 345 Å². The summed E-state index contributed by atoms with van der Waals surface area (Å²) in [6, 6.07) is 72.1. The van der Waals surface area contributed by atoms with E-state index in [1.807, 2.05) is 60.7 Å². The summed E-state index contributed by atoms with van der Waals surface area (Å²) in [7, 11) is 0. The summed E-state index contributed by atoms with van der Waals surface area (Å²) in [6.07, 6.45) is 0. The van der Waals surface area contributed by atoms with Crippen LogP contribution in [0, 0.1) is 0 Å². The fourth-order valence-electron chi connectivity index (χ4n) is 8.78. The second kappa shape index (κ2) is 13.7. The number of pyridine rings is 1. The second-order valence-electron chi connectivity index (χ2n) is 15.1. The third-order valence-electron chi connectivity index (χ3n) is 11.6. The zero-order valence-electron chi connectivity index (χ0n) is 32.3. The number of fused-ring (bicyclic) bond motifs is 9. The lowest BCUT2D eigenvalue weighted by molar-refractivity contribution is 0.953. The lowest BCUT2D eigenvalue weighted by atomic mass is 10.00. The Hall–Kier alpha value is -8.22. The van der Waals surface area contributed by atoms with Crippen LogP contribution >= 0.6 is 0 Å². The Bertz CT molecular complexity index is 3500. The van der Waals surface area contributed by atoms with E-state index in [1.54, 1.807) is 0 Å². The highest BCUT2D eigenvalue weighted by molar-refractivity contribution is 6.21. The number of aromatic nitrogens is 6. The third-order valence-corrected chi connectivity index (χ3v) is 11.6. The zero-order chi connectivity index (χ0) is 39.6. The first-order valence-corrected chi connectivity index (χ1v) is 20.2. The quantitative estimate of drug-likeness (QED) is 0.158. The van der Waals surface area contributed by atoms with E-state index in [4.69, 9.17) is 19.9 Å². The van der Waals surface area contributed by atoms with Gasteiger partial charge in [-0.05, 0) is 34.7 Å². The van der Waals surface area contributed by atoms with Gasteiger partial charge in [0.15, 0.2) is 11.6 Å². The normalized spacial score (nSPS) is 11.7. The number of nitrogens with zero attached hydrogens (tertiary/aromatic N) is 6. The van der Waals surface area contributed by atoms with E-state index in [1.165, 1.54) is 10.9 Å². The first-order valence-electron chi connectivity index (χ1n) is 20.2. The van der Waals surface area contributed by atoms with Gasteiger partial charge in [0.25, 0.3) is 0 Å². The Morgan fingerprint density at radius 1 is 0.300 bits per heavy atom. The minimum absolute atomic E-state index is 0.553. The number of benzene rings is 8. The highest BCUT2D eigenvalue weighted by Crippen LogP contribution is 2.42. The molecule has 0 saturated heterocycles. The van der Waals surface area contributed by atoms with Gasteiger partial charge in [-0.2, -0.15) is 9.97 Å². The van der Waals surface area contributed by atoms with Crippen LogP contribution in [0.1, 0.15) is 0 Å². The van der Waals surface area contributed by atoms with Gasteiger partial charge in [-0.15, -0.1) is 0 Å². The van der Waals surface area contributed by atoms with Crippen molar-refractivity contribution >= 4 is 49.0 Å². The van der Waals surface area contributed by atoms with E-state index in [2.05, 4.69) is 155 Å². The molecule has 6 nitrogen and oxygen atoms in total. The van der Waals surface area contributed by atoms with E-state index >= 15 is 0 Å². The molecule has 0 unspecified atom stereocenters. The van der Waals surface area contributed by atoms with Crippen LogP contribution in [-0.4, -0.2) is 28.9 Å².